The van der Waals surface area contributed by atoms with E-state index in [9.17, 15) is 30.3 Å². The van der Waals surface area contributed by atoms with E-state index < -0.39 is 71.3 Å². The first-order chi connectivity index (χ1) is 38.2. The molecule has 1 heterocycles. The number of hydrogen-bond acceptors (Lipinski definition) is 8. The highest BCUT2D eigenvalue weighted by Gasteiger charge is 2.47. The predicted molar refractivity (Wildman–Crippen MR) is 351 cm³/mol. The first-order valence-corrected chi connectivity index (χ1v) is 30.5. The van der Waals surface area contributed by atoms with Crippen LogP contribution in [0.4, 0.5) is 0 Å². The van der Waals surface area contributed by atoms with Crippen LogP contribution in [0.25, 0.3) is 0 Å². The number of H-pyrrole nitrogens is 2. The van der Waals surface area contributed by atoms with E-state index in [1.54, 1.807) is 12.1 Å². The Morgan fingerprint density at radius 3 is 0.788 bits per heavy atom. The Balaban J connectivity index is 1.98. The Labute approximate surface area is 508 Å². The van der Waals surface area contributed by atoms with Gasteiger partial charge in [0, 0.05) is 0 Å². The van der Waals surface area contributed by atoms with Gasteiger partial charge < -0.3 is 25.5 Å². The van der Waals surface area contributed by atoms with Crippen LogP contribution < -0.4 is 17.1 Å². The van der Waals surface area contributed by atoms with E-state index in [2.05, 4.69) is 171 Å². The van der Waals surface area contributed by atoms with Crippen molar-refractivity contribution in [3.05, 3.63) is 176 Å². The Morgan fingerprint density at radius 2 is 0.565 bits per heavy atom. The molecule has 0 spiro atoms. The van der Waals surface area contributed by atoms with Crippen LogP contribution in [0.2, 0.25) is 0 Å². The summed E-state index contributed by atoms with van der Waals surface area (Å²) in [6.07, 6.45) is 1.48. The molecule has 464 valence electrons. The van der Waals surface area contributed by atoms with Gasteiger partial charge in [-0.2, -0.15) is 0 Å². The molecule has 0 amide bonds. The van der Waals surface area contributed by atoms with Gasteiger partial charge in [0.05, 0.1) is 0 Å². The van der Waals surface area contributed by atoms with Crippen molar-refractivity contribution in [2.24, 2.45) is 5.41 Å². The molecule has 0 fully saturated rings. The van der Waals surface area contributed by atoms with Crippen LogP contribution in [0.1, 0.15) is 262 Å². The molecule has 1 aromatic heterocycles. The van der Waals surface area contributed by atoms with Crippen molar-refractivity contribution in [2.75, 3.05) is 0 Å². The summed E-state index contributed by atoms with van der Waals surface area (Å²) in [5, 5.41) is 61.0. The lowest BCUT2D eigenvalue weighted by molar-refractivity contribution is 0.208. The summed E-state index contributed by atoms with van der Waals surface area (Å²) in [4.78, 5) is 49.1. The third-order valence-electron chi connectivity index (χ3n) is 17.5. The highest BCUT2D eigenvalue weighted by Crippen LogP contribution is 2.52. The van der Waals surface area contributed by atoms with E-state index >= 15 is 9.59 Å². The maximum atomic E-state index is 15.4. The van der Waals surface area contributed by atoms with Crippen LogP contribution in [0, 0.1) is 19.3 Å². The standard InChI is InChI=1S/C74H105N3O8/c1-42-29-57(78)49(65(3,4)5)37-47(42)74(77-63(84)75-62(83)76-64(77)85,48-38-50(66(6,7)8)58(79)30-43(48)2)28-27-73(39-44-31-51(67(9,10)11)59(80)52(32-44)68(12,13)14,40-45-33-53(69(15,16)17)60(81)54(34-45)70(18,19)20)41-46-35-55(71(21,22)23)61(82)56(36-46)72(24,25)26/h29-38,78-82H,27-28,39-41H2,1-26H3,(H2,75,76,83,84,85). The van der Waals surface area contributed by atoms with Gasteiger partial charge in [-0.05, 0) is 202 Å². The molecule has 0 saturated heterocycles. The molecule has 0 radical (unpaired) electrons. The molecule has 0 saturated carbocycles. The number of hydrogen-bond donors (Lipinski definition) is 7. The lowest BCUT2D eigenvalue weighted by Crippen LogP contribution is -2.55. The molecule has 6 rings (SSSR count). The Kier molecular flexibility index (Phi) is 17.8. The molecule has 0 aliphatic carbocycles. The first-order valence-electron chi connectivity index (χ1n) is 30.5. The summed E-state index contributed by atoms with van der Waals surface area (Å²) < 4.78 is 1.15. The fourth-order valence-corrected chi connectivity index (χ4v) is 13.0. The molecule has 0 atom stereocenters. The fourth-order valence-electron chi connectivity index (χ4n) is 13.0. The Morgan fingerprint density at radius 1 is 0.329 bits per heavy atom. The minimum atomic E-state index is -1.79. The minimum absolute atomic E-state index is 0.0371. The summed E-state index contributed by atoms with van der Waals surface area (Å²) >= 11 is 0. The molecular weight excluding hydrogens is 1060 g/mol. The molecular formula is C74H105N3O8. The largest absolute Gasteiger partial charge is 0.508 e. The second-order valence-electron chi connectivity index (χ2n) is 33.4. The molecule has 0 aliphatic heterocycles. The topological polar surface area (TPSA) is 189 Å². The van der Waals surface area contributed by atoms with Crippen molar-refractivity contribution in [1.29, 1.82) is 0 Å². The third-order valence-corrected chi connectivity index (χ3v) is 17.5. The molecule has 7 N–H and O–H groups in total. The second kappa shape index (κ2) is 22.3. The summed E-state index contributed by atoms with van der Waals surface area (Å²) in [6.45, 7) is 53.6. The highest BCUT2D eigenvalue weighted by molar-refractivity contribution is 5.58. The van der Waals surface area contributed by atoms with Crippen LogP contribution in [0.15, 0.2) is 75.0 Å². The predicted octanol–water partition coefficient (Wildman–Crippen LogP) is 16.0. The Hall–Kier alpha value is -6.49. The number of aryl methyl sites for hydroxylation is 2. The molecule has 0 unspecified atom stereocenters. The number of phenols is 5. The van der Waals surface area contributed by atoms with Crippen molar-refractivity contribution in [1.82, 2.24) is 14.5 Å². The number of nitrogens with zero attached hydrogens (tertiary/aromatic N) is 1. The van der Waals surface area contributed by atoms with Crippen LogP contribution in [0.5, 0.6) is 28.7 Å². The van der Waals surface area contributed by atoms with E-state index in [-0.39, 0.29) is 41.6 Å². The monoisotopic (exact) mass is 1160 g/mol. The zero-order chi connectivity index (χ0) is 64.9. The summed E-state index contributed by atoms with van der Waals surface area (Å²) in [6, 6.07) is 20.0. The molecule has 6 aromatic rings. The van der Waals surface area contributed by atoms with E-state index in [1.807, 2.05) is 67.5 Å². The van der Waals surface area contributed by atoms with E-state index in [0.29, 0.717) is 52.6 Å². The summed E-state index contributed by atoms with van der Waals surface area (Å²) in [5.74, 6) is 0.814. The zero-order valence-electron chi connectivity index (χ0n) is 56.7. The average Bonchev–Trinajstić information content (AvgIpc) is 0.816. The van der Waals surface area contributed by atoms with Crippen molar-refractivity contribution >= 4 is 0 Å². The van der Waals surface area contributed by atoms with Gasteiger partial charge in [-0.25, -0.2) is 19.0 Å². The number of benzene rings is 5. The maximum absolute atomic E-state index is 15.4. The number of aromatic amines is 2. The van der Waals surface area contributed by atoms with Crippen LogP contribution in [-0.4, -0.2) is 40.1 Å². The molecule has 0 aliphatic rings. The molecule has 11 nitrogen and oxygen atoms in total. The minimum Gasteiger partial charge on any atom is -0.508 e. The van der Waals surface area contributed by atoms with Crippen molar-refractivity contribution < 1.29 is 25.5 Å². The van der Waals surface area contributed by atoms with Crippen LogP contribution in [-0.2, 0) is 68.1 Å². The SMILES string of the molecule is Cc1cc(O)c(C(C)(C)C)cc1C(CCC(Cc1cc(C(C)(C)C)c(O)c(C(C)(C)C)c1)(Cc1cc(C(C)(C)C)c(O)c(C(C)(C)C)c1)Cc1cc(C(C)(C)C)c(O)c(C(C)(C)C)c1)(c1cc(C(C)(C)C)c(O)cc1C)n1c(=O)[nH]c(=O)[nH]c1=O. The normalized spacial score (nSPS) is 13.7. The summed E-state index contributed by atoms with van der Waals surface area (Å²) in [7, 11) is 0. The molecule has 0 bridgehead atoms. The average molecular weight is 1160 g/mol. The fraction of sp³-hybridized carbons (Fsp3) is 0.554. The van der Waals surface area contributed by atoms with E-state index in [4.69, 9.17) is 0 Å². The van der Waals surface area contributed by atoms with Gasteiger partial charge in [-0.1, -0.05) is 203 Å². The number of nitrogens with one attached hydrogen (secondary N) is 2. The van der Waals surface area contributed by atoms with Gasteiger partial charge in [-0.15, -0.1) is 0 Å². The number of aromatic hydroxyl groups is 5. The van der Waals surface area contributed by atoms with E-state index in [0.717, 1.165) is 54.6 Å². The van der Waals surface area contributed by atoms with Crippen LogP contribution >= 0.6 is 0 Å². The number of phenolic OH excluding ortho intramolecular Hbond substituents is 5. The third kappa shape index (κ3) is 14.0. The summed E-state index contributed by atoms with van der Waals surface area (Å²) in [5.41, 5.74) is 1.16. The maximum Gasteiger partial charge on any atom is 0.334 e. The van der Waals surface area contributed by atoms with Gasteiger partial charge in [0.15, 0.2) is 0 Å². The number of aromatic nitrogens is 3. The van der Waals surface area contributed by atoms with Gasteiger partial charge in [-0.3, -0.25) is 9.97 Å². The van der Waals surface area contributed by atoms with Gasteiger partial charge in [0.25, 0.3) is 0 Å². The molecule has 5 aromatic carbocycles. The zero-order valence-corrected chi connectivity index (χ0v) is 56.7. The second-order valence-corrected chi connectivity index (χ2v) is 33.4. The van der Waals surface area contributed by atoms with Crippen molar-refractivity contribution in [3.8, 4) is 28.7 Å². The first kappa shape index (κ1) is 67.6. The number of rotatable bonds is 12. The molecule has 85 heavy (non-hydrogen) atoms. The van der Waals surface area contributed by atoms with Gasteiger partial charge >= 0.3 is 17.1 Å². The molecule has 11 heteroatoms. The lowest BCUT2D eigenvalue weighted by Gasteiger charge is -2.44. The van der Waals surface area contributed by atoms with E-state index in [1.165, 1.54) is 0 Å². The Bertz CT molecular complexity index is 3290. The van der Waals surface area contributed by atoms with Gasteiger partial charge in [0.2, 0.25) is 0 Å². The smallest absolute Gasteiger partial charge is 0.334 e. The van der Waals surface area contributed by atoms with Crippen LogP contribution in [0.3, 0.4) is 0 Å². The van der Waals surface area contributed by atoms with Crippen molar-refractivity contribution in [3.63, 3.8) is 0 Å². The van der Waals surface area contributed by atoms with Gasteiger partial charge in [0.1, 0.15) is 34.3 Å². The quantitative estimate of drug-likeness (QED) is 0.0630. The highest BCUT2D eigenvalue weighted by atomic mass is 16.3. The van der Waals surface area contributed by atoms with Crippen molar-refractivity contribution in [2.45, 2.75) is 261 Å². The lowest BCUT2D eigenvalue weighted by atomic mass is 9.63.